The Morgan fingerprint density at radius 1 is 0.632 bits per heavy atom. The van der Waals surface area contributed by atoms with E-state index in [4.69, 9.17) is 51.5 Å². The molecule has 0 saturated heterocycles. The Kier molecular flexibility index (Phi) is 2.70. The second-order valence-corrected chi connectivity index (χ2v) is 4.41. The highest BCUT2D eigenvalue weighted by Gasteiger charge is 2.16. The predicted molar refractivity (Wildman–Crippen MR) is 86.0 cm³/mol. The summed E-state index contributed by atoms with van der Waals surface area (Å²) in [5.41, 5.74) is 2.57. The van der Waals surface area contributed by atoms with Crippen molar-refractivity contribution < 1.29 is 4.42 Å². The van der Waals surface area contributed by atoms with E-state index in [1.807, 2.05) is 0 Å². The molecule has 0 aliphatic rings. The number of fused-ring (bicyclic) bond motifs is 3. The fourth-order valence-electron chi connectivity index (χ4n) is 2.20. The van der Waals surface area contributed by atoms with Crippen LogP contribution in [0.25, 0.3) is 21.9 Å². The number of hydrogen-bond donors (Lipinski definition) is 0. The fraction of sp³-hybridized carbons (Fsp3) is 0. The molecule has 3 rings (SSSR count). The molecule has 0 saturated carbocycles. The van der Waals surface area contributed by atoms with Crippen molar-refractivity contribution in [2.45, 2.75) is 0 Å². The molecule has 3 aromatic rings. The molecular weight excluding hydrogens is 225 g/mol. The van der Waals surface area contributed by atoms with E-state index in [-0.39, 0.29) is 16.4 Å². The van der Waals surface area contributed by atoms with Gasteiger partial charge < -0.3 is 4.42 Å². The van der Waals surface area contributed by atoms with Crippen LogP contribution in [0.1, 0.15) is 0 Å². The van der Waals surface area contributed by atoms with E-state index in [1.54, 1.807) is 12.1 Å². The predicted octanol–water partition coefficient (Wildman–Crippen LogP) is -3.65. The Hall–Kier alpha value is -1.37. The van der Waals surface area contributed by atoms with E-state index < -0.39 is 0 Å². The second-order valence-electron chi connectivity index (χ2n) is 4.41. The van der Waals surface area contributed by atoms with Crippen molar-refractivity contribution in [3.05, 3.63) is 12.1 Å². The van der Waals surface area contributed by atoms with Gasteiger partial charge in [-0.25, -0.2) is 0 Å². The van der Waals surface area contributed by atoms with Crippen LogP contribution in [0.5, 0.6) is 0 Å². The van der Waals surface area contributed by atoms with Gasteiger partial charge in [0.05, 0.1) is 0 Å². The van der Waals surface area contributed by atoms with E-state index in [2.05, 4.69) is 0 Å². The highest BCUT2D eigenvalue weighted by molar-refractivity contribution is 6.67. The van der Waals surface area contributed by atoms with Gasteiger partial charge in [0.1, 0.15) is 58.2 Å². The molecule has 1 aromatic heterocycles. The second kappa shape index (κ2) is 4.06. The standard InChI is InChI=1S/C12H2B6O/c13-4-2-1-3-5-7(15)8(16)9(17)10(18)12(5)19-11(3)6(4)14/h1-2H. The van der Waals surface area contributed by atoms with E-state index in [9.17, 15) is 0 Å². The molecule has 0 unspecified atom stereocenters. The molecule has 0 atom stereocenters. The van der Waals surface area contributed by atoms with Gasteiger partial charge in [-0.2, -0.15) is 0 Å². The minimum Gasteiger partial charge on any atom is -0.457 e. The van der Waals surface area contributed by atoms with Crippen LogP contribution < -0.4 is 32.8 Å². The summed E-state index contributed by atoms with van der Waals surface area (Å²) in [6, 6.07) is 3.44. The summed E-state index contributed by atoms with van der Waals surface area (Å²) in [5.74, 6) is 0. The van der Waals surface area contributed by atoms with E-state index in [0.717, 1.165) is 0 Å². The van der Waals surface area contributed by atoms with Crippen LogP contribution in [0.2, 0.25) is 0 Å². The average Bonchev–Trinajstić information content (AvgIpc) is 2.78. The van der Waals surface area contributed by atoms with Crippen molar-refractivity contribution in [2.75, 3.05) is 0 Å². The van der Waals surface area contributed by atoms with Gasteiger partial charge in [0.15, 0.2) is 0 Å². The lowest BCUT2D eigenvalue weighted by atomic mass is 9.65. The maximum absolute atomic E-state index is 5.99. The van der Waals surface area contributed by atoms with E-state index in [1.165, 1.54) is 0 Å². The van der Waals surface area contributed by atoms with Crippen LogP contribution in [0.15, 0.2) is 16.5 Å². The van der Waals surface area contributed by atoms with Crippen molar-refractivity contribution in [1.29, 1.82) is 0 Å². The van der Waals surface area contributed by atoms with Crippen molar-refractivity contribution in [3.8, 4) is 0 Å². The molecule has 1 nitrogen and oxygen atoms in total. The minimum absolute atomic E-state index is 0.204. The molecule has 1 heterocycles. The Bertz CT molecular complexity index is 836. The van der Waals surface area contributed by atoms with Crippen LogP contribution in [-0.2, 0) is 0 Å². The minimum atomic E-state index is 0.204. The van der Waals surface area contributed by atoms with Crippen LogP contribution in [-0.4, -0.2) is 47.1 Å². The normalized spacial score (nSPS) is 11.4. The molecule has 0 aliphatic carbocycles. The Morgan fingerprint density at radius 2 is 1.26 bits per heavy atom. The number of hydrogen-bond acceptors (Lipinski definition) is 1. The van der Waals surface area contributed by atoms with Crippen molar-refractivity contribution in [1.82, 2.24) is 0 Å². The maximum atomic E-state index is 5.99. The molecule has 0 amide bonds. The Morgan fingerprint density at radius 3 is 1.95 bits per heavy atom. The maximum Gasteiger partial charge on any atom is 0.127 e. The monoisotopic (exact) mass is 228 g/mol. The van der Waals surface area contributed by atoms with Crippen LogP contribution in [0.3, 0.4) is 0 Å². The molecule has 0 spiro atoms. The topological polar surface area (TPSA) is 13.1 Å². The molecule has 19 heavy (non-hydrogen) atoms. The molecule has 0 bridgehead atoms. The Balaban J connectivity index is 2.66. The van der Waals surface area contributed by atoms with E-state index >= 15 is 0 Å². The first-order valence-electron chi connectivity index (χ1n) is 5.55. The molecular formula is C12H2B6O. The van der Waals surface area contributed by atoms with Gasteiger partial charge >= 0.3 is 0 Å². The number of furan rings is 1. The van der Waals surface area contributed by atoms with Gasteiger partial charge in [-0.1, -0.05) is 34.0 Å². The summed E-state index contributed by atoms with van der Waals surface area (Å²) >= 11 is 0. The third-order valence-electron chi connectivity index (χ3n) is 3.31. The van der Waals surface area contributed by atoms with Gasteiger partial charge in [-0.3, -0.25) is 0 Å². The molecule has 0 N–H and O–H groups in total. The third kappa shape index (κ3) is 1.57. The Labute approximate surface area is 118 Å². The van der Waals surface area contributed by atoms with E-state index in [0.29, 0.717) is 38.3 Å². The van der Waals surface area contributed by atoms with Gasteiger partial charge in [-0.05, 0) is 0 Å². The number of benzene rings is 2. The van der Waals surface area contributed by atoms with Crippen molar-refractivity contribution in [2.24, 2.45) is 0 Å². The number of rotatable bonds is 0. The van der Waals surface area contributed by atoms with Crippen LogP contribution in [0.4, 0.5) is 0 Å². The third-order valence-corrected chi connectivity index (χ3v) is 3.31. The van der Waals surface area contributed by atoms with Crippen LogP contribution >= 0.6 is 0 Å². The quantitative estimate of drug-likeness (QED) is 0.361. The molecule has 74 valence electrons. The first kappa shape index (κ1) is 12.7. The summed E-state index contributed by atoms with van der Waals surface area (Å²) in [6.07, 6.45) is 0. The summed E-state index contributed by atoms with van der Waals surface area (Å²) in [5, 5.41) is 1.31. The lowest BCUT2D eigenvalue weighted by molar-refractivity contribution is 0.675. The van der Waals surface area contributed by atoms with Crippen LogP contribution in [0, 0.1) is 0 Å². The molecule has 0 aliphatic heterocycles. The van der Waals surface area contributed by atoms with Crippen molar-refractivity contribution >= 4 is 102 Å². The lowest BCUT2D eigenvalue weighted by Gasteiger charge is -2.11. The van der Waals surface area contributed by atoms with Gasteiger partial charge in [0.2, 0.25) is 0 Å². The van der Waals surface area contributed by atoms with Crippen molar-refractivity contribution in [3.63, 3.8) is 0 Å². The summed E-state index contributed by atoms with van der Waals surface area (Å²) in [7, 11) is 35.2. The largest absolute Gasteiger partial charge is 0.457 e. The summed E-state index contributed by atoms with van der Waals surface area (Å²) in [4.78, 5) is 0. The highest BCUT2D eigenvalue weighted by Crippen LogP contribution is 2.22. The van der Waals surface area contributed by atoms with Gasteiger partial charge in [0, 0.05) is 10.8 Å². The molecule has 12 radical (unpaired) electrons. The molecule has 2 aromatic carbocycles. The van der Waals surface area contributed by atoms with Gasteiger partial charge in [-0.15, -0.1) is 10.9 Å². The fourth-order valence-corrected chi connectivity index (χ4v) is 2.20. The molecule has 7 heteroatoms. The average molecular weight is 227 g/mol. The highest BCUT2D eigenvalue weighted by atomic mass is 16.3. The lowest BCUT2D eigenvalue weighted by Crippen LogP contribution is -2.47. The zero-order chi connectivity index (χ0) is 13.9. The molecule has 0 fully saturated rings. The smallest absolute Gasteiger partial charge is 0.127 e. The van der Waals surface area contributed by atoms with Gasteiger partial charge in [0.25, 0.3) is 0 Å². The first-order chi connectivity index (χ1) is 8.93. The zero-order valence-electron chi connectivity index (χ0n) is 10.0. The first-order valence-corrected chi connectivity index (χ1v) is 5.55. The SMILES string of the molecule is [B]c1ccc2c(oc3c([B])c([B])c([B])c([B])c32)c1[B]. The zero-order valence-corrected chi connectivity index (χ0v) is 10.0. The summed E-state index contributed by atoms with van der Waals surface area (Å²) in [6.45, 7) is 0. The summed E-state index contributed by atoms with van der Waals surface area (Å²) < 4.78 is 5.67.